The first-order valence-corrected chi connectivity index (χ1v) is 17.8. The predicted molar refractivity (Wildman–Crippen MR) is 195 cm³/mol. The zero-order valence-corrected chi connectivity index (χ0v) is 29.3. The predicted octanol–water partition coefficient (Wildman–Crippen LogP) is 10.8. The number of carbonyl (C=O) groups is 1. The van der Waals surface area contributed by atoms with Crippen molar-refractivity contribution < 1.29 is 19.4 Å². The number of thiazole rings is 2. The van der Waals surface area contributed by atoms with Gasteiger partial charge in [0.1, 0.15) is 17.3 Å². The number of ether oxygens (including phenoxy) is 2. The summed E-state index contributed by atoms with van der Waals surface area (Å²) in [5.41, 5.74) is 5.87. The summed E-state index contributed by atoms with van der Waals surface area (Å²) < 4.78 is 14.2. The number of aromatic nitrogens is 2. The van der Waals surface area contributed by atoms with E-state index in [4.69, 9.17) is 9.47 Å². The van der Waals surface area contributed by atoms with Gasteiger partial charge in [0.2, 0.25) is 0 Å². The largest absolute Gasteiger partial charge is 0.431 e. The Morgan fingerprint density at radius 1 is 0.745 bits per heavy atom. The Morgan fingerprint density at radius 3 is 1.68 bits per heavy atom. The molecule has 1 unspecified atom stereocenters. The van der Waals surface area contributed by atoms with Crippen LogP contribution >= 0.6 is 22.7 Å². The van der Waals surface area contributed by atoms with Crippen LogP contribution in [0.1, 0.15) is 68.7 Å². The van der Waals surface area contributed by atoms with Crippen LogP contribution in [0, 0.1) is 13.8 Å². The van der Waals surface area contributed by atoms with Gasteiger partial charge in [-0.05, 0) is 105 Å². The fraction of sp³-hybridized carbons (Fsp3) is 0.308. The molecular formula is C39H42N2O4S2. The number of aryl methyl sites for hydroxylation is 4. The third-order valence-corrected chi connectivity index (χ3v) is 10.1. The molecule has 0 aliphatic heterocycles. The van der Waals surface area contributed by atoms with Gasteiger partial charge in [-0.2, -0.15) is 0 Å². The lowest BCUT2D eigenvalue weighted by atomic mass is 9.94. The van der Waals surface area contributed by atoms with E-state index in [-0.39, 0.29) is 0 Å². The monoisotopic (exact) mass is 666 g/mol. The van der Waals surface area contributed by atoms with E-state index >= 15 is 0 Å². The summed E-state index contributed by atoms with van der Waals surface area (Å²) in [5, 5.41) is 11.5. The highest BCUT2D eigenvalue weighted by molar-refractivity contribution is 7.20. The number of fused-ring (bicyclic) bond motifs is 2. The van der Waals surface area contributed by atoms with Crippen LogP contribution in [0.15, 0.2) is 84.9 Å². The van der Waals surface area contributed by atoms with Crippen LogP contribution in [0.25, 0.3) is 20.4 Å². The van der Waals surface area contributed by atoms with Gasteiger partial charge in [-0.15, -0.1) is 0 Å². The van der Waals surface area contributed by atoms with E-state index in [1.54, 1.807) is 22.7 Å². The number of benzene rings is 4. The lowest BCUT2D eigenvalue weighted by Crippen LogP contribution is -2.23. The minimum absolute atomic E-state index is 0.303. The molecule has 0 spiro atoms. The molecule has 244 valence electrons. The van der Waals surface area contributed by atoms with Crippen LogP contribution in [-0.2, 0) is 17.6 Å². The molecule has 0 bridgehead atoms. The fourth-order valence-corrected chi connectivity index (χ4v) is 6.65. The van der Waals surface area contributed by atoms with Gasteiger partial charge in [0.05, 0.1) is 26.0 Å². The van der Waals surface area contributed by atoms with Gasteiger partial charge in [-0.1, -0.05) is 85.1 Å². The summed E-state index contributed by atoms with van der Waals surface area (Å²) in [6.07, 6.45) is 4.40. The van der Waals surface area contributed by atoms with E-state index in [1.807, 2.05) is 95.3 Å². The average Bonchev–Trinajstić information content (AvgIpc) is 3.68. The normalized spacial score (nSPS) is 12.4. The molecule has 0 saturated heterocycles. The maximum Gasteiger partial charge on any atom is 0.279 e. The molecule has 0 radical (unpaired) electrons. The third kappa shape index (κ3) is 9.47. The van der Waals surface area contributed by atoms with Crippen molar-refractivity contribution in [2.75, 3.05) is 0 Å². The van der Waals surface area contributed by atoms with Gasteiger partial charge in [0.15, 0.2) is 0 Å². The second-order valence-electron chi connectivity index (χ2n) is 12.0. The topological polar surface area (TPSA) is 81.5 Å². The molecule has 6 aromatic rings. The second kappa shape index (κ2) is 15.7. The zero-order chi connectivity index (χ0) is 33.4. The molecule has 0 aliphatic carbocycles. The lowest BCUT2D eigenvalue weighted by molar-refractivity contribution is -0.118. The van der Waals surface area contributed by atoms with Crippen LogP contribution in [0.5, 0.6) is 21.9 Å². The number of para-hydroxylation sites is 2. The van der Waals surface area contributed by atoms with E-state index in [9.17, 15) is 9.90 Å². The second-order valence-corrected chi connectivity index (χ2v) is 14.0. The van der Waals surface area contributed by atoms with E-state index in [0.717, 1.165) is 68.7 Å². The molecule has 4 aromatic carbocycles. The van der Waals surface area contributed by atoms with Crippen molar-refractivity contribution in [2.24, 2.45) is 0 Å². The Kier molecular flexibility index (Phi) is 11.4. The number of aliphatic hydroxyl groups is 1. The number of hydrogen-bond donors (Lipinski definition) is 1. The van der Waals surface area contributed by atoms with Crippen molar-refractivity contribution >= 4 is 48.9 Å². The molecule has 1 N–H and O–H groups in total. The van der Waals surface area contributed by atoms with E-state index in [1.165, 1.54) is 11.1 Å². The van der Waals surface area contributed by atoms with Crippen LogP contribution < -0.4 is 9.47 Å². The first kappa shape index (κ1) is 34.2. The molecule has 2 aromatic heterocycles. The van der Waals surface area contributed by atoms with Crippen molar-refractivity contribution in [3.8, 4) is 21.9 Å². The molecule has 8 heteroatoms. The van der Waals surface area contributed by atoms with E-state index in [0.29, 0.717) is 29.0 Å². The van der Waals surface area contributed by atoms with Crippen molar-refractivity contribution in [3.05, 3.63) is 107 Å². The Bertz CT molecular complexity index is 1890. The van der Waals surface area contributed by atoms with Gasteiger partial charge < -0.3 is 14.6 Å². The van der Waals surface area contributed by atoms with Crippen LogP contribution in [0.4, 0.5) is 0 Å². The van der Waals surface area contributed by atoms with Gasteiger partial charge in [0, 0.05) is 12.8 Å². The minimum Gasteiger partial charge on any atom is -0.431 e. The first-order chi connectivity index (χ1) is 22.6. The zero-order valence-electron chi connectivity index (χ0n) is 27.7. The first-order valence-electron chi connectivity index (χ1n) is 16.1. The molecule has 6 rings (SSSR count). The fourth-order valence-electron chi connectivity index (χ4n) is 4.99. The summed E-state index contributed by atoms with van der Waals surface area (Å²) in [6.45, 7) is 9.88. The molecule has 1 atom stereocenters. The summed E-state index contributed by atoms with van der Waals surface area (Å²) in [7, 11) is 0. The van der Waals surface area contributed by atoms with Crippen LogP contribution in [0.3, 0.4) is 0 Å². The van der Waals surface area contributed by atoms with Crippen molar-refractivity contribution in [1.82, 2.24) is 9.97 Å². The van der Waals surface area contributed by atoms with Crippen LogP contribution in [0.2, 0.25) is 0 Å². The maximum absolute atomic E-state index is 11.4. The van der Waals surface area contributed by atoms with Gasteiger partial charge in [0.25, 0.3) is 10.4 Å². The summed E-state index contributed by atoms with van der Waals surface area (Å²) in [4.78, 5) is 20.4. The summed E-state index contributed by atoms with van der Waals surface area (Å²) in [6, 6.07) is 28.3. The van der Waals surface area contributed by atoms with Crippen LogP contribution in [-0.4, -0.2) is 26.5 Å². The highest BCUT2D eigenvalue weighted by atomic mass is 32.1. The molecular weight excluding hydrogens is 625 g/mol. The highest BCUT2D eigenvalue weighted by Gasteiger charge is 2.17. The van der Waals surface area contributed by atoms with Gasteiger partial charge >= 0.3 is 0 Å². The van der Waals surface area contributed by atoms with Crippen molar-refractivity contribution in [2.45, 2.75) is 78.7 Å². The Balaban J connectivity index is 0.000000185. The molecule has 47 heavy (non-hydrogen) atoms. The molecule has 0 saturated carbocycles. The number of nitrogens with zero attached hydrogens (tertiary/aromatic N) is 2. The smallest absolute Gasteiger partial charge is 0.279 e. The number of carbonyl (C=O) groups excluding carboxylic acids is 1. The SMILES string of the molecule is CCC(=O)CCc1ccc(Oc2nc3ccccc3s2)c(C)c1.CCC(C)(O)CCc1ccc(Oc2nc3ccccc3s2)c(C)c1. The standard InChI is InChI=1S/C20H23NO2S.C19H19NO2S/c1-4-20(3,22)12-11-15-9-10-17(14(2)13-15)23-19-21-16-7-5-6-8-18(16)24-19;1-3-15(21)10-8-14-9-11-17(13(2)12-14)22-19-20-16-6-4-5-7-18(16)23-19/h5-10,13,22H,4,11-12H2,1-3H3;4-7,9,11-12H,3,8,10H2,1-2H3. The molecule has 0 fully saturated rings. The Morgan fingerprint density at radius 2 is 1.23 bits per heavy atom. The quantitative estimate of drug-likeness (QED) is 0.140. The van der Waals surface area contributed by atoms with E-state index in [2.05, 4.69) is 34.2 Å². The Labute approximate surface area is 285 Å². The summed E-state index contributed by atoms with van der Waals surface area (Å²) >= 11 is 3.10. The lowest BCUT2D eigenvalue weighted by Gasteiger charge is -2.21. The average molecular weight is 667 g/mol. The number of hydrogen-bond acceptors (Lipinski definition) is 8. The number of Topliss-reactive ketones (excluding diaryl/α,β-unsaturated/α-hetero) is 1. The van der Waals surface area contributed by atoms with Crippen molar-refractivity contribution in [1.29, 1.82) is 0 Å². The van der Waals surface area contributed by atoms with Gasteiger partial charge in [-0.25, -0.2) is 9.97 Å². The van der Waals surface area contributed by atoms with Crippen molar-refractivity contribution in [3.63, 3.8) is 0 Å². The molecule has 0 amide bonds. The van der Waals surface area contributed by atoms with Gasteiger partial charge in [-0.3, -0.25) is 4.79 Å². The highest BCUT2D eigenvalue weighted by Crippen LogP contribution is 2.34. The maximum atomic E-state index is 11.4. The molecule has 6 nitrogen and oxygen atoms in total. The Hall–Kier alpha value is -4.11. The molecule has 0 aliphatic rings. The van der Waals surface area contributed by atoms with E-state index < -0.39 is 5.60 Å². The number of rotatable bonds is 12. The minimum atomic E-state index is -0.593. The molecule has 2 heterocycles. The number of ketones is 1. The third-order valence-electron chi connectivity index (χ3n) is 8.22. The summed E-state index contributed by atoms with van der Waals surface area (Å²) in [5.74, 6) is 1.95.